The number of hydrogen-bond donors (Lipinski definition) is 1. The molecule has 0 amide bonds. The van der Waals surface area contributed by atoms with Crippen LogP contribution in [0.25, 0.3) is 5.00 Å². The summed E-state index contributed by atoms with van der Waals surface area (Å²) >= 11 is 1.92. The summed E-state index contributed by atoms with van der Waals surface area (Å²) in [7, 11) is 0. The first-order valence-corrected chi connectivity index (χ1v) is 8.62. The number of aromatic nitrogens is 3. The van der Waals surface area contributed by atoms with Gasteiger partial charge >= 0.3 is 0 Å². The van der Waals surface area contributed by atoms with Gasteiger partial charge in [-0.05, 0) is 44.6 Å². The van der Waals surface area contributed by atoms with Gasteiger partial charge < -0.3 is 0 Å². The maximum absolute atomic E-state index is 4.45. The lowest BCUT2D eigenvalue weighted by Crippen LogP contribution is -2.38. The van der Waals surface area contributed by atoms with E-state index in [-0.39, 0.29) is 6.17 Å². The summed E-state index contributed by atoms with van der Waals surface area (Å²) in [5.41, 5.74) is 6.22. The normalized spacial score (nSPS) is 25.0. The van der Waals surface area contributed by atoms with E-state index in [0.29, 0.717) is 0 Å². The minimum atomic E-state index is 0.0829. The van der Waals surface area contributed by atoms with Gasteiger partial charge in [0, 0.05) is 10.4 Å². The quantitative estimate of drug-likeness (QED) is 0.812. The highest BCUT2D eigenvalue weighted by molar-refractivity contribution is 7.15. The zero-order chi connectivity index (χ0) is 15.0. The van der Waals surface area contributed by atoms with Gasteiger partial charge in [0.15, 0.2) is 6.17 Å². The molecule has 22 heavy (non-hydrogen) atoms. The molecule has 2 aromatic heterocycles. The van der Waals surface area contributed by atoms with Crippen LogP contribution in [-0.4, -0.2) is 20.6 Å². The molecule has 114 valence electrons. The van der Waals surface area contributed by atoms with E-state index in [0.717, 1.165) is 23.5 Å². The molecule has 0 fully saturated rings. The van der Waals surface area contributed by atoms with Gasteiger partial charge in [-0.15, -0.1) is 21.5 Å². The number of aryl methyl sites for hydroxylation is 1. The predicted octanol–water partition coefficient (Wildman–Crippen LogP) is 2.52. The van der Waals surface area contributed by atoms with Crippen molar-refractivity contribution in [3.63, 3.8) is 0 Å². The van der Waals surface area contributed by atoms with Crippen LogP contribution in [0.1, 0.15) is 48.3 Å². The average Bonchev–Trinajstić information content (AvgIpc) is 3.14. The molecule has 1 aliphatic carbocycles. The third-order valence-corrected chi connectivity index (χ3v) is 6.24. The van der Waals surface area contributed by atoms with Crippen LogP contribution in [0, 0.1) is 12.8 Å². The van der Waals surface area contributed by atoms with Crippen LogP contribution in [-0.2, 0) is 12.8 Å². The summed E-state index contributed by atoms with van der Waals surface area (Å²) in [4.78, 5) is 3.71. The number of hydrazone groups is 1. The first kappa shape index (κ1) is 12.6. The first-order valence-electron chi connectivity index (χ1n) is 7.81. The van der Waals surface area contributed by atoms with Crippen LogP contribution in [0.2, 0.25) is 0 Å². The standard InChI is InChI=1S/C15H18N6S/c1-7-4-5-10-11(6-7)22-14-12(10)13-18-16-8(2)20(13)15-19-17-9(3)21(14)15/h7,13,18H,4-6H2,1-3H3/t7-,13?/m1/s1. The predicted molar refractivity (Wildman–Crippen MR) is 86.6 cm³/mol. The van der Waals surface area contributed by atoms with Gasteiger partial charge in [-0.1, -0.05) is 6.92 Å². The number of anilines is 1. The van der Waals surface area contributed by atoms with Gasteiger partial charge in [-0.25, -0.2) is 0 Å². The molecule has 2 atom stereocenters. The number of thiophene rings is 1. The fourth-order valence-electron chi connectivity index (χ4n) is 3.86. The van der Waals surface area contributed by atoms with E-state index < -0.39 is 0 Å². The third-order valence-electron chi connectivity index (χ3n) is 4.99. The minimum Gasteiger partial charge on any atom is -0.281 e. The van der Waals surface area contributed by atoms with Crippen molar-refractivity contribution in [3.05, 3.63) is 21.8 Å². The molecule has 4 heterocycles. The maximum atomic E-state index is 4.45. The van der Waals surface area contributed by atoms with Crippen LogP contribution in [0.5, 0.6) is 0 Å². The van der Waals surface area contributed by atoms with E-state index in [1.165, 1.54) is 40.3 Å². The second kappa shape index (κ2) is 4.10. The number of fused-ring (bicyclic) bond motifs is 8. The van der Waals surface area contributed by atoms with Crippen molar-refractivity contribution in [1.82, 2.24) is 20.2 Å². The summed E-state index contributed by atoms with van der Waals surface area (Å²) in [6.45, 7) is 6.40. The Balaban J connectivity index is 1.80. The summed E-state index contributed by atoms with van der Waals surface area (Å²) in [5, 5.41) is 14.4. The van der Waals surface area contributed by atoms with Gasteiger partial charge in [-0.3, -0.25) is 14.9 Å². The lowest BCUT2D eigenvalue weighted by molar-refractivity contribution is 0.499. The summed E-state index contributed by atoms with van der Waals surface area (Å²) in [6.07, 6.45) is 3.72. The molecular formula is C15H18N6S. The minimum absolute atomic E-state index is 0.0829. The van der Waals surface area contributed by atoms with Crippen LogP contribution < -0.4 is 10.3 Å². The molecule has 0 spiro atoms. The molecule has 7 heteroatoms. The fourth-order valence-corrected chi connectivity index (χ4v) is 5.45. The lowest BCUT2D eigenvalue weighted by Gasteiger charge is -2.31. The Hall–Kier alpha value is -1.89. The largest absolute Gasteiger partial charge is 0.281 e. The van der Waals surface area contributed by atoms with Crippen molar-refractivity contribution in [2.24, 2.45) is 11.0 Å². The Morgan fingerprint density at radius 3 is 3.00 bits per heavy atom. The van der Waals surface area contributed by atoms with Gasteiger partial charge in [0.25, 0.3) is 0 Å². The van der Waals surface area contributed by atoms with Crippen molar-refractivity contribution in [3.8, 4) is 5.00 Å². The fraction of sp³-hybridized carbons (Fsp3) is 0.533. The van der Waals surface area contributed by atoms with Crippen molar-refractivity contribution in [2.75, 3.05) is 4.90 Å². The van der Waals surface area contributed by atoms with Gasteiger partial charge in [0.05, 0.1) is 0 Å². The summed E-state index contributed by atoms with van der Waals surface area (Å²) < 4.78 is 2.20. The number of hydrogen-bond acceptors (Lipinski definition) is 6. The molecule has 6 nitrogen and oxygen atoms in total. The van der Waals surface area contributed by atoms with Crippen LogP contribution >= 0.6 is 11.3 Å². The van der Waals surface area contributed by atoms with Crippen LogP contribution in [0.15, 0.2) is 5.10 Å². The Kier molecular flexibility index (Phi) is 2.35. The van der Waals surface area contributed by atoms with Crippen molar-refractivity contribution in [2.45, 2.75) is 46.2 Å². The molecule has 0 saturated carbocycles. The Labute approximate surface area is 132 Å². The van der Waals surface area contributed by atoms with E-state index >= 15 is 0 Å². The van der Waals surface area contributed by atoms with Crippen molar-refractivity contribution >= 4 is 23.1 Å². The highest BCUT2D eigenvalue weighted by atomic mass is 32.1. The molecule has 1 unspecified atom stereocenters. The van der Waals surface area contributed by atoms with E-state index in [4.69, 9.17) is 0 Å². The highest BCUT2D eigenvalue weighted by Crippen LogP contribution is 2.48. The lowest BCUT2D eigenvalue weighted by atomic mass is 9.87. The SMILES string of the molecule is CC1=NNC2c3c(sc4c3CC[C@@H](C)C4)-n3c(C)nnc3N12. The summed E-state index contributed by atoms with van der Waals surface area (Å²) in [6, 6.07) is 0. The second-order valence-electron chi connectivity index (χ2n) is 6.51. The maximum Gasteiger partial charge on any atom is 0.240 e. The molecule has 1 N–H and O–H groups in total. The third kappa shape index (κ3) is 1.42. The van der Waals surface area contributed by atoms with Crippen molar-refractivity contribution in [1.29, 1.82) is 0 Å². The monoisotopic (exact) mass is 314 g/mol. The topological polar surface area (TPSA) is 58.3 Å². The molecule has 3 aliphatic rings. The van der Waals surface area contributed by atoms with Gasteiger partial charge in [0.1, 0.15) is 16.7 Å². The molecule has 0 aromatic carbocycles. The average molecular weight is 314 g/mol. The Bertz CT molecular complexity index is 816. The molecule has 0 saturated heterocycles. The number of nitrogens with one attached hydrogen (secondary N) is 1. The Morgan fingerprint density at radius 1 is 1.27 bits per heavy atom. The molecular weight excluding hydrogens is 296 g/mol. The number of rotatable bonds is 0. The number of nitrogens with zero attached hydrogens (tertiary/aromatic N) is 5. The van der Waals surface area contributed by atoms with Gasteiger partial charge in [-0.2, -0.15) is 5.10 Å². The summed E-state index contributed by atoms with van der Waals surface area (Å²) in [5.74, 6) is 3.56. The van der Waals surface area contributed by atoms with E-state index in [2.05, 4.69) is 37.1 Å². The van der Waals surface area contributed by atoms with E-state index in [1.807, 2.05) is 25.2 Å². The van der Waals surface area contributed by atoms with E-state index in [1.54, 1.807) is 0 Å². The first-order chi connectivity index (χ1) is 10.6. The number of amidine groups is 1. The van der Waals surface area contributed by atoms with Crippen LogP contribution in [0.3, 0.4) is 0 Å². The van der Waals surface area contributed by atoms with E-state index in [9.17, 15) is 0 Å². The van der Waals surface area contributed by atoms with Gasteiger partial charge in [0.2, 0.25) is 5.95 Å². The smallest absolute Gasteiger partial charge is 0.240 e. The Morgan fingerprint density at radius 2 is 2.14 bits per heavy atom. The van der Waals surface area contributed by atoms with Crippen molar-refractivity contribution < 1.29 is 0 Å². The molecule has 0 radical (unpaired) electrons. The molecule has 2 aliphatic heterocycles. The molecule has 2 aromatic rings. The molecule has 5 rings (SSSR count). The van der Waals surface area contributed by atoms with Crippen LogP contribution in [0.4, 0.5) is 5.95 Å². The zero-order valence-electron chi connectivity index (χ0n) is 12.9. The molecule has 0 bridgehead atoms. The second-order valence-corrected chi connectivity index (χ2v) is 7.60. The highest BCUT2D eigenvalue weighted by Gasteiger charge is 2.42. The zero-order valence-corrected chi connectivity index (χ0v) is 13.7.